The number of hydrogen-bond acceptors (Lipinski definition) is 3. The van der Waals surface area contributed by atoms with Crippen LogP contribution in [0.25, 0.3) is 0 Å². The molecule has 8 atom stereocenters. The third kappa shape index (κ3) is 4.09. The van der Waals surface area contributed by atoms with Crippen molar-refractivity contribution in [1.82, 2.24) is 0 Å². The zero-order valence-corrected chi connectivity index (χ0v) is 23.8. The molecule has 0 unspecified atom stereocenters. The number of esters is 1. The van der Waals surface area contributed by atoms with Gasteiger partial charge in [0, 0.05) is 6.42 Å². The van der Waals surface area contributed by atoms with Gasteiger partial charge in [-0.3, -0.25) is 9.59 Å². The first-order chi connectivity index (χ1) is 16.9. The van der Waals surface area contributed by atoms with Crippen LogP contribution in [0.15, 0.2) is 23.8 Å². The van der Waals surface area contributed by atoms with Crippen LogP contribution in [0.3, 0.4) is 0 Å². The second-order valence-corrected chi connectivity index (χ2v) is 13.7. The van der Waals surface area contributed by atoms with E-state index in [0.29, 0.717) is 34.5 Å². The van der Waals surface area contributed by atoms with Gasteiger partial charge in [-0.1, -0.05) is 44.6 Å². The number of aliphatic carboxylic acids is 1. The molecule has 0 aliphatic heterocycles. The minimum Gasteiger partial charge on any atom is -0.481 e. The van der Waals surface area contributed by atoms with Crippen LogP contribution in [0, 0.1) is 45.3 Å². The summed E-state index contributed by atoms with van der Waals surface area (Å²) in [7, 11) is 1.51. The second kappa shape index (κ2) is 9.62. The number of hydrogen-bond donors (Lipinski definition) is 1. The Balaban J connectivity index is 1.53. The molecule has 0 heterocycles. The Labute approximate surface area is 219 Å². The van der Waals surface area contributed by atoms with Crippen LogP contribution in [0.2, 0.25) is 0 Å². The maximum atomic E-state index is 12.2. The van der Waals surface area contributed by atoms with Crippen molar-refractivity contribution in [3.8, 4) is 0 Å². The fourth-order valence-corrected chi connectivity index (χ4v) is 10.5. The smallest absolute Gasteiger partial charge is 0.307 e. The van der Waals surface area contributed by atoms with Gasteiger partial charge < -0.3 is 9.84 Å². The highest BCUT2D eigenvalue weighted by Crippen LogP contribution is 2.87. The number of carbonyl (C=O) groups excluding carboxylic acids is 1. The first kappa shape index (κ1) is 27.5. The van der Waals surface area contributed by atoms with Crippen molar-refractivity contribution < 1.29 is 19.4 Å². The molecule has 36 heavy (non-hydrogen) atoms. The van der Waals surface area contributed by atoms with Gasteiger partial charge >= 0.3 is 11.9 Å². The Morgan fingerprint density at radius 2 is 1.83 bits per heavy atom. The van der Waals surface area contributed by atoms with Crippen LogP contribution in [-0.4, -0.2) is 24.2 Å². The molecule has 0 aromatic rings. The van der Waals surface area contributed by atoms with Crippen LogP contribution in [0.5, 0.6) is 0 Å². The van der Waals surface area contributed by atoms with E-state index in [0.717, 1.165) is 36.7 Å². The van der Waals surface area contributed by atoms with Crippen LogP contribution in [0.1, 0.15) is 112 Å². The molecule has 0 amide bonds. The molecule has 4 nitrogen and oxygen atoms in total. The zero-order valence-electron chi connectivity index (χ0n) is 23.8. The first-order valence-corrected chi connectivity index (χ1v) is 14.5. The zero-order chi connectivity index (χ0) is 26.5. The maximum Gasteiger partial charge on any atom is 0.307 e. The molecule has 1 N–H and O–H groups in total. The van der Waals surface area contributed by atoms with E-state index in [1.54, 1.807) is 0 Å². The van der Waals surface area contributed by atoms with Gasteiger partial charge in [0.1, 0.15) is 0 Å². The van der Waals surface area contributed by atoms with Gasteiger partial charge in [0.25, 0.3) is 0 Å². The fourth-order valence-electron chi connectivity index (χ4n) is 10.5. The third-order valence-electron chi connectivity index (χ3n) is 12.4. The molecule has 0 saturated heterocycles. The fraction of sp³-hybridized carbons (Fsp3) is 0.812. The number of carbonyl (C=O) groups is 2. The van der Waals surface area contributed by atoms with E-state index in [-0.39, 0.29) is 17.8 Å². The van der Waals surface area contributed by atoms with E-state index < -0.39 is 5.97 Å². The average Bonchev–Trinajstić information content (AvgIpc) is 3.39. The van der Waals surface area contributed by atoms with E-state index in [4.69, 9.17) is 9.84 Å². The Morgan fingerprint density at radius 1 is 1.11 bits per heavy atom. The van der Waals surface area contributed by atoms with Crippen molar-refractivity contribution in [3.05, 3.63) is 23.8 Å². The van der Waals surface area contributed by atoms with E-state index in [2.05, 4.69) is 40.3 Å². The number of ether oxygens (including phenoxy) is 1. The molecule has 1 spiro atoms. The van der Waals surface area contributed by atoms with E-state index >= 15 is 0 Å². The average molecular weight is 499 g/mol. The standard InChI is InChI=1S/C32H50O4/c1-21(2)24-11-12-26-30(6)15-13-25(23(4)10-8-9-22(3)19-27(33)34)29(30,5)17-18-32(26)20-31(24,32)16-14-28(35)36-7/h9,23-26H,1,8,10-20H2,2-7H3,(H,33,34)/b22-9-/t23-,24+,25-,26+,29-,30+,31-,32+/m1/s1. The summed E-state index contributed by atoms with van der Waals surface area (Å²) in [6.07, 6.45) is 15.0. The number of rotatable bonds is 10. The predicted octanol–water partition coefficient (Wildman–Crippen LogP) is 7.97. The molecule has 4 aliphatic carbocycles. The van der Waals surface area contributed by atoms with Gasteiger partial charge in [-0.05, 0) is 123 Å². The second-order valence-electron chi connectivity index (χ2n) is 13.7. The monoisotopic (exact) mass is 498 g/mol. The Kier molecular flexibility index (Phi) is 7.34. The van der Waals surface area contributed by atoms with Crippen molar-refractivity contribution in [1.29, 1.82) is 0 Å². The lowest BCUT2D eigenvalue weighted by Crippen LogP contribution is -2.54. The number of allylic oxidation sites excluding steroid dienone is 2. The first-order valence-electron chi connectivity index (χ1n) is 14.5. The van der Waals surface area contributed by atoms with Crippen molar-refractivity contribution >= 4 is 11.9 Å². The maximum absolute atomic E-state index is 12.2. The predicted molar refractivity (Wildman–Crippen MR) is 144 cm³/mol. The molecule has 4 fully saturated rings. The summed E-state index contributed by atoms with van der Waals surface area (Å²) >= 11 is 0. The summed E-state index contributed by atoms with van der Waals surface area (Å²) < 4.78 is 5.05. The lowest BCUT2D eigenvalue weighted by molar-refractivity contribution is -0.143. The number of carboxylic acids is 1. The normalized spacial score (nSPS) is 42.1. The summed E-state index contributed by atoms with van der Waals surface area (Å²) in [5.74, 6) is 1.86. The van der Waals surface area contributed by atoms with E-state index in [1.807, 2.05) is 6.92 Å². The summed E-state index contributed by atoms with van der Waals surface area (Å²) in [6.45, 7) is 16.3. The molecule has 0 aromatic carbocycles. The highest BCUT2D eigenvalue weighted by molar-refractivity contribution is 5.70. The summed E-state index contributed by atoms with van der Waals surface area (Å²) in [4.78, 5) is 23.2. The number of methoxy groups -OCH3 is 1. The van der Waals surface area contributed by atoms with Crippen LogP contribution < -0.4 is 0 Å². The van der Waals surface area contributed by atoms with Gasteiger partial charge in [-0.2, -0.15) is 0 Å². The highest BCUT2D eigenvalue weighted by Gasteiger charge is 2.80. The molecular formula is C32H50O4. The van der Waals surface area contributed by atoms with Crippen molar-refractivity contribution in [2.45, 2.75) is 112 Å². The van der Waals surface area contributed by atoms with E-state index in [9.17, 15) is 9.59 Å². The molecule has 4 rings (SSSR count). The van der Waals surface area contributed by atoms with Gasteiger partial charge in [-0.15, -0.1) is 0 Å². The molecule has 4 aliphatic rings. The van der Waals surface area contributed by atoms with Crippen molar-refractivity contribution in [3.63, 3.8) is 0 Å². The summed E-state index contributed by atoms with van der Waals surface area (Å²) in [5.41, 5.74) is 3.63. The molecule has 0 radical (unpaired) electrons. The third-order valence-corrected chi connectivity index (χ3v) is 12.4. The quantitative estimate of drug-likeness (QED) is 0.245. The number of carboxylic acid groups (broad SMARTS) is 1. The Morgan fingerprint density at radius 3 is 2.47 bits per heavy atom. The molecule has 4 heteroatoms. The van der Waals surface area contributed by atoms with Gasteiger partial charge in [0.15, 0.2) is 0 Å². The summed E-state index contributed by atoms with van der Waals surface area (Å²) in [5, 5.41) is 9.05. The SMILES string of the molecule is C=C(C)[C@@H]1CC[C@@H]2[C@]3(CC[C@]4(C)[C@@H]([C@H](C)CC/C=C(/C)CC(=O)O)CC[C@@]24C)C[C@]13CCC(=O)OC. The Hall–Kier alpha value is -1.58. The largest absolute Gasteiger partial charge is 0.481 e. The van der Waals surface area contributed by atoms with Gasteiger partial charge in [0.2, 0.25) is 0 Å². The minimum atomic E-state index is -0.740. The molecule has 0 aromatic heterocycles. The lowest BCUT2D eigenvalue weighted by atomic mass is 9.43. The molecule has 4 saturated carbocycles. The van der Waals surface area contributed by atoms with Crippen molar-refractivity contribution in [2.24, 2.45) is 45.3 Å². The van der Waals surface area contributed by atoms with E-state index in [1.165, 1.54) is 57.6 Å². The molecular weight excluding hydrogens is 448 g/mol. The molecule has 202 valence electrons. The van der Waals surface area contributed by atoms with Crippen LogP contribution >= 0.6 is 0 Å². The van der Waals surface area contributed by atoms with Crippen LogP contribution in [0.4, 0.5) is 0 Å². The number of fused-ring (bicyclic) bond motifs is 2. The Bertz CT molecular complexity index is 934. The molecule has 0 bridgehead atoms. The van der Waals surface area contributed by atoms with Crippen LogP contribution in [-0.2, 0) is 14.3 Å². The topological polar surface area (TPSA) is 63.6 Å². The highest BCUT2D eigenvalue weighted by atomic mass is 16.5. The minimum absolute atomic E-state index is 0.0664. The summed E-state index contributed by atoms with van der Waals surface area (Å²) in [6, 6.07) is 0. The van der Waals surface area contributed by atoms with Crippen molar-refractivity contribution in [2.75, 3.05) is 7.11 Å². The van der Waals surface area contributed by atoms with Gasteiger partial charge in [0.05, 0.1) is 13.5 Å². The lowest BCUT2D eigenvalue weighted by Gasteiger charge is -2.61. The van der Waals surface area contributed by atoms with Gasteiger partial charge in [-0.25, -0.2) is 0 Å².